The van der Waals surface area contributed by atoms with Gasteiger partial charge < -0.3 is 14.7 Å². The molecule has 3 heterocycles. The monoisotopic (exact) mass is 417 g/mol. The third-order valence-corrected chi connectivity index (χ3v) is 6.52. The second kappa shape index (κ2) is 8.46. The highest BCUT2D eigenvalue weighted by atomic mass is 35.5. The van der Waals surface area contributed by atoms with Crippen LogP contribution in [0.3, 0.4) is 0 Å². The van der Waals surface area contributed by atoms with E-state index in [1.165, 1.54) is 15.8 Å². The molecule has 6 nitrogen and oxygen atoms in total. The van der Waals surface area contributed by atoms with Crippen LogP contribution in [-0.2, 0) is 11.2 Å². The average Bonchev–Trinajstić information content (AvgIpc) is 2.73. The Morgan fingerprint density at radius 3 is 2.72 bits per heavy atom. The van der Waals surface area contributed by atoms with E-state index in [-0.39, 0.29) is 16.8 Å². The van der Waals surface area contributed by atoms with E-state index in [2.05, 4.69) is 29.1 Å². The number of aromatic nitrogens is 2. The summed E-state index contributed by atoms with van der Waals surface area (Å²) in [4.78, 5) is 14.8. The molecule has 0 radical (unpaired) electrons. The molecule has 0 amide bonds. The van der Waals surface area contributed by atoms with Gasteiger partial charge in [0.05, 0.1) is 17.5 Å². The zero-order valence-electron chi connectivity index (χ0n) is 16.8. The molecule has 2 saturated heterocycles. The van der Waals surface area contributed by atoms with Crippen LogP contribution in [0.5, 0.6) is 0 Å². The molecule has 4 rings (SSSR count). The predicted octanol–water partition coefficient (Wildman–Crippen LogP) is 3.48. The quantitative estimate of drug-likeness (QED) is 0.824. The highest BCUT2D eigenvalue weighted by Crippen LogP contribution is 2.32. The van der Waals surface area contributed by atoms with Crippen LogP contribution in [-0.4, -0.2) is 40.2 Å². The fourth-order valence-electron chi connectivity index (χ4n) is 4.28. The number of rotatable bonds is 4. The Morgan fingerprint density at radius 1 is 1.28 bits per heavy atom. The van der Waals surface area contributed by atoms with Crippen LogP contribution in [0, 0.1) is 6.92 Å². The maximum Gasteiger partial charge on any atom is 0.290 e. The number of benzene rings is 1. The molecule has 1 unspecified atom stereocenters. The first kappa shape index (κ1) is 20.4. The standard InChI is InChI=1S/C22H28ClN3O3/c1-16-6-2-3-7-17(16)14-22(28)9-11-25(12-10-22)18-15-24-26(21(27)20(18)23)19-8-4-5-13-29-19/h2-3,6-7,15,19,28H,4-5,8-14H2,1H3. The topological polar surface area (TPSA) is 67.6 Å². The maximum absolute atomic E-state index is 12.7. The molecule has 2 aliphatic rings. The van der Waals surface area contributed by atoms with Crippen LogP contribution < -0.4 is 10.5 Å². The molecule has 0 spiro atoms. The Bertz CT molecular complexity index is 916. The van der Waals surface area contributed by atoms with E-state index in [0.29, 0.717) is 44.6 Å². The number of ether oxygens (including phenoxy) is 1. The van der Waals surface area contributed by atoms with Crippen molar-refractivity contribution >= 4 is 17.3 Å². The first-order valence-corrected chi connectivity index (χ1v) is 10.8. The lowest BCUT2D eigenvalue weighted by atomic mass is 9.84. The molecule has 2 aliphatic heterocycles. The fourth-order valence-corrected chi connectivity index (χ4v) is 4.54. The molecule has 1 atom stereocenters. The summed E-state index contributed by atoms with van der Waals surface area (Å²) in [7, 11) is 0. The number of anilines is 1. The first-order chi connectivity index (χ1) is 14.0. The number of aryl methyl sites for hydroxylation is 1. The molecule has 0 aliphatic carbocycles. The van der Waals surface area contributed by atoms with Gasteiger partial charge in [-0.15, -0.1) is 0 Å². The molecule has 0 saturated carbocycles. The molecule has 7 heteroatoms. The minimum absolute atomic E-state index is 0.179. The lowest BCUT2D eigenvalue weighted by Gasteiger charge is -2.39. The van der Waals surface area contributed by atoms with Crippen LogP contribution >= 0.6 is 11.6 Å². The van der Waals surface area contributed by atoms with Gasteiger partial charge in [-0.1, -0.05) is 35.9 Å². The van der Waals surface area contributed by atoms with Crippen molar-refractivity contribution in [3.63, 3.8) is 0 Å². The Morgan fingerprint density at radius 2 is 2.03 bits per heavy atom. The second-order valence-corrected chi connectivity index (χ2v) is 8.61. The van der Waals surface area contributed by atoms with Gasteiger partial charge in [0.2, 0.25) is 0 Å². The number of hydrogen-bond acceptors (Lipinski definition) is 5. The van der Waals surface area contributed by atoms with Gasteiger partial charge >= 0.3 is 0 Å². The number of piperidine rings is 1. The Labute approximate surface area is 176 Å². The van der Waals surface area contributed by atoms with Gasteiger partial charge in [-0.05, 0) is 50.2 Å². The molecule has 0 bridgehead atoms. The van der Waals surface area contributed by atoms with Crippen LogP contribution in [0.4, 0.5) is 5.69 Å². The van der Waals surface area contributed by atoms with Gasteiger partial charge in [0.15, 0.2) is 6.23 Å². The molecule has 29 heavy (non-hydrogen) atoms. The van der Waals surface area contributed by atoms with Crippen molar-refractivity contribution in [3.05, 3.63) is 57.0 Å². The van der Waals surface area contributed by atoms with E-state index in [9.17, 15) is 9.90 Å². The van der Waals surface area contributed by atoms with Crippen LogP contribution in [0.1, 0.15) is 49.5 Å². The Hall–Kier alpha value is -1.89. The van der Waals surface area contributed by atoms with Crippen LogP contribution in [0.2, 0.25) is 5.02 Å². The van der Waals surface area contributed by atoms with Crippen molar-refractivity contribution in [2.45, 2.75) is 57.3 Å². The van der Waals surface area contributed by atoms with Gasteiger partial charge in [-0.2, -0.15) is 9.78 Å². The molecule has 1 aromatic heterocycles. The summed E-state index contributed by atoms with van der Waals surface area (Å²) in [5.74, 6) is 0. The van der Waals surface area contributed by atoms with Crippen LogP contribution in [0.15, 0.2) is 35.3 Å². The summed E-state index contributed by atoms with van der Waals surface area (Å²) < 4.78 is 7.04. The summed E-state index contributed by atoms with van der Waals surface area (Å²) >= 11 is 6.44. The minimum atomic E-state index is -0.743. The summed E-state index contributed by atoms with van der Waals surface area (Å²) in [6.45, 7) is 3.98. The number of hydrogen-bond donors (Lipinski definition) is 1. The van der Waals surface area contributed by atoms with Gasteiger partial charge in [-0.25, -0.2) is 0 Å². The highest BCUT2D eigenvalue weighted by Gasteiger charge is 2.34. The van der Waals surface area contributed by atoms with Gasteiger partial charge in [0.1, 0.15) is 5.02 Å². The van der Waals surface area contributed by atoms with Gasteiger partial charge in [-0.3, -0.25) is 4.79 Å². The largest absolute Gasteiger partial charge is 0.389 e. The van der Waals surface area contributed by atoms with Crippen LogP contribution in [0.25, 0.3) is 0 Å². The third-order valence-electron chi connectivity index (χ3n) is 6.17. The number of nitrogens with zero attached hydrogens (tertiary/aromatic N) is 3. The van der Waals surface area contributed by atoms with Crippen molar-refractivity contribution in [2.75, 3.05) is 24.6 Å². The van der Waals surface area contributed by atoms with E-state index >= 15 is 0 Å². The molecule has 2 fully saturated rings. The van der Waals surface area contributed by atoms with Crippen molar-refractivity contribution in [1.82, 2.24) is 9.78 Å². The molecule has 156 valence electrons. The molecule has 1 N–H and O–H groups in total. The van der Waals surface area contributed by atoms with Crippen molar-refractivity contribution < 1.29 is 9.84 Å². The lowest BCUT2D eigenvalue weighted by molar-refractivity contribution is -0.0424. The average molecular weight is 418 g/mol. The second-order valence-electron chi connectivity index (χ2n) is 8.23. The molecular weight excluding hydrogens is 390 g/mol. The summed E-state index contributed by atoms with van der Waals surface area (Å²) in [6, 6.07) is 8.18. The molecule has 2 aromatic rings. The Kier molecular flexibility index (Phi) is 5.95. The summed E-state index contributed by atoms with van der Waals surface area (Å²) in [5.41, 5.74) is 1.97. The van der Waals surface area contributed by atoms with E-state index in [1.54, 1.807) is 6.20 Å². The molecular formula is C22H28ClN3O3. The van der Waals surface area contributed by atoms with Crippen molar-refractivity contribution in [2.24, 2.45) is 0 Å². The summed E-state index contributed by atoms with van der Waals surface area (Å²) in [5, 5.41) is 15.6. The normalized spacial score (nSPS) is 21.9. The van der Waals surface area contributed by atoms with Gasteiger partial charge in [0, 0.05) is 26.1 Å². The van der Waals surface area contributed by atoms with E-state index in [4.69, 9.17) is 16.3 Å². The first-order valence-electron chi connectivity index (χ1n) is 10.4. The van der Waals surface area contributed by atoms with Crippen molar-refractivity contribution in [3.8, 4) is 0 Å². The fraction of sp³-hybridized carbons (Fsp3) is 0.545. The smallest absolute Gasteiger partial charge is 0.290 e. The van der Waals surface area contributed by atoms with E-state index in [1.807, 2.05) is 12.1 Å². The maximum atomic E-state index is 12.7. The number of aliphatic hydroxyl groups is 1. The number of halogens is 1. The van der Waals surface area contributed by atoms with E-state index < -0.39 is 5.60 Å². The zero-order chi connectivity index (χ0) is 20.4. The zero-order valence-corrected chi connectivity index (χ0v) is 17.6. The highest BCUT2D eigenvalue weighted by molar-refractivity contribution is 6.33. The third kappa shape index (κ3) is 4.34. The van der Waals surface area contributed by atoms with Crippen molar-refractivity contribution in [1.29, 1.82) is 0 Å². The lowest BCUT2D eigenvalue weighted by Crippen LogP contribution is -2.46. The minimum Gasteiger partial charge on any atom is -0.389 e. The summed E-state index contributed by atoms with van der Waals surface area (Å²) in [6.07, 6.45) is 6.01. The van der Waals surface area contributed by atoms with E-state index in [0.717, 1.165) is 19.3 Å². The Balaban J connectivity index is 1.46. The molecule has 1 aromatic carbocycles. The SMILES string of the molecule is Cc1ccccc1CC1(O)CCN(c2cnn(C3CCCCO3)c(=O)c2Cl)CC1. The predicted molar refractivity (Wildman–Crippen MR) is 114 cm³/mol. The van der Waals surface area contributed by atoms with Gasteiger partial charge in [0.25, 0.3) is 5.56 Å².